The molecule has 0 bridgehead atoms. The molecule has 1 N–H and O–H groups in total. The molecule has 1 fully saturated rings. The van der Waals surface area contributed by atoms with E-state index in [1.54, 1.807) is 26.0 Å². The van der Waals surface area contributed by atoms with Gasteiger partial charge in [0.1, 0.15) is 0 Å². The highest BCUT2D eigenvalue weighted by molar-refractivity contribution is 5.90. The van der Waals surface area contributed by atoms with Crippen LogP contribution in [0.5, 0.6) is 0 Å². The highest BCUT2D eigenvalue weighted by atomic mass is 16.2. The third-order valence-corrected chi connectivity index (χ3v) is 3.55. The number of hydrogen-bond acceptors (Lipinski definition) is 3. The van der Waals surface area contributed by atoms with Crippen LogP contribution in [0, 0.1) is 0 Å². The van der Waals surface area contributed by atoms with E-state index < -0.39 is 5.54 Å². The first-order valence-electron chi connectivity index (χ1n) is 6.63. The largest absolute Gasteiger partial charge is 0.347 e. The van der Waals surface area contributed by atoms with E-state index in [-0.39, 0.29) is 18.4 Å². The van der Waals surface area contributed by atoms with Crippen molar-refractivity contribution in [2.24, 2.45) is 0 Å². The fourth-order valence-corrected chi connectivity index (χ4v) is 2.52. The first-order valence-corrected chi connectivity index (χ1v) is 6.63. The van der Waals surface area contributed by atoms with Gasteiger partial charge in [0.2, 0.25) is 11.8 Å². The second-order valence-electron chi connectivity index (χ2n) is 5.31. The Bertz CT molecular complexity index is 309. The second-order valence-corrected chi connectivity index (χ2v) is 5.31. The molecule has 5 heteroatoms. The Balaban J connectivity index is 2.68. The van der Waals surface area contributed by atoms with E-state index in [4.69, 9.17) is 0 Å². The van der Waals surface area contributed by atoms with E-state index in [1.807, 2.05) is 0 Å². The molecule has 18 heavy (non-hydrogen) atoms. The molecular weight excluding hydrogens is 230 g/mol. The van der Waals surface area contributed by atoms with Gasteiger partial charge >= 0.3 is 0 Å². The van der Waals surface area contributed by atoms with Crippen molar-refractivity contribution in [2.75, 3.05) is 34.2 Å². The molecule has 0 radical (unpaired) electrons. The lowest BCUT2D eigenvalue weighted by Gasteiger charge is -2.32. The van der Waals surface area contributed by atoms with Crippen molar-refractivity contribution < 1.29 is 9.59 Å². The Labute approximate surface area is 110 Å². The summed E-state index contributed by atoms with van der Waals surface area (Å²) in [6, 6.07) is 0. The predicted molar refractivity (Wildman–Crippen MR) is 71.2 cm³/mol. The first kappa shape index (κ1) is 15.0. The molecule has 0 aliphatic carbocycles. The van der Waals surface area contributed by atoms with Crippen molar-refractivity contribution in [3.63, 3.8) is 0 Å². The molecule has 5 nitrogen and oxygen atoms in total. The molecule has 0 spiro atoms. The molecule has 1 atom stereocenters. The van der Waals surface area contributed by atoms with Crippen LogP contribution in [-0.4, -0.2) is 61.4 Å². The van der Waals surface area contributed by atoms with Crippen LogP contribution in [0.3, 0.4) is 0 Å². The summed E-state index contributed by atoms with van der Waals surface area (Å²) in [5.41, 5.74) is -0.434. The molecule has 0 saturated carbocycles. The molecule has 0 aromatic rings. The molecule has 2 amide bonds. The zero-order chi connectivity index (χ0) is 13.8. The summed E-state index contributed by atoms with van der Waals surface area (Å²) in [7, 11) is 5.12. The Morgan fingerprint density at radius 2 is 1.94 bits per heavy atom. The minimum Gasteiger partial charge on any atom is -0.347 e. The van der Waals surface area contributed by atoms with Gasteiger partial charge in [-0.2, -0.15) is 0 Å². The van der Waals surface area contributed by atoms with E-state index >= 15 is 0 Å². The fourth-order valence-electron chi connectivity index (χ4n) is 2.52. The molecule has 104 valence electrons. The Kier molecular flexibility index (Phi) is 5.14. The van der Waals surface area contributed by atoms with Gasteiger partial charge in [0.15, 0.2) is 0 Å². The minimum atomic E-state index is -0.434. The fraction of sp³-hybridized carbons (Fsp3) is 0.846. The van der Waals surface area contributed by atoms with E-state index in [0.29, 0.717) is 0 Å². The summed E-state index contributed by atoms with van der Waals surface area (Å²) < 4.78 is 0. The van der Waals surface area contributed by atoms with Crippen LogP contribution in [0.25, 0.3) is 0 Å². The summed E-state index contributed by atoms with van der Waals surface area (Å²) in [6.45, 7) is 3.13. The van der Waals surface area contributed by atoms with Crippen molar-refractivity contribution in [3.05, 3.63) is 0 Å². The van der Waals surface area contributed by atoms with Crippen LogP contribution < -0.4 is 5.32 Å². The smallest absolute Gasteiger partial charge is 0.243 e. The average molecular weight is 255 g/mol. The van der Waals surface area contributed by atoms with E-state index in [0.717, 1.165) is 32.2 Å². The lowest BCUT2D eigenvalue weighted by molar-refractivity contribution is -0.142. The molecular formula is C13H25N3O2. The van der Waals surface area contributed by atoms with Crippen LogP contribution >= 0.6 is 0 Å². The Morgan fingerprint density at radius 3 is 2.39 bits per heavy atom. The number of amides is 2. The normalized spacial score (nSPS) is 22.9. The van der Waals surface area contributed by atoms with Crippen LogP contribution in [0.15, 0.2) is 0 Å². The highest BCUT2D eigenvalue weighted by Crippen LogP contribution is 2.26. The maximum Gasteiger partial charge on any atom is 0.243 e. The van der Waals surface area contributed by atoms with Gasteiger partial charge in [0, 0.05) is 21.1 Å². The van der Waals surface area contributed by atoms with Gasteiger partial charge in [-0.1, -0.05) is 13.3 Å². The lowest BCUT2D eigenvalue weighted by atomic mass is 9.90. The molecule has 0 aromatic carbocycles. The quantitative estimate of drug-likeness (QED) is 0.776. The number of carbonyl (C=O) groups is 2. The number of rotatable bonds is 5. The van der Waals surface area contributed by atoms with Crippen LogP contribution in [0.4, 0.5) is 0 Å². The maximum absolute atomic E-state index is 12.5. The van der Waals surface area contributed by atoms with Crippen LogP contribution in [0.1, 0.15) is 32.6 Å². The predicted octanol–water partition coefficient (Wildman–Crippen LogP) is 0.455. The summed E-state index contributed by atoms with van der Waals surface area (Å²) in [4.78, 5) is 27.2. The standard InChI is InChI=1S/C13H25N3O2/c1-5-7-13(8-6-9-14-13)12(18)16(4)10-11(17)15(2)3/h14H,5-10H2,1-4H3. The average Bonchev–Trinajstić information content (AvgIpc) is 2.78. The zero-order valence-corrected chi connectivity index (χ0v) is 12.0. The molecule has 1 aliphatic rings. The number of carbonyl (C=O) groups excluding carboxylic acids is 2. The third kappa shape index (κ3) is 3.22. The van der Waals surface area contributed by atoms with Crippen LogP contribution in [-0.2, 0) is 9.59 Å². The van der Waals surface area contributed by atoms with Gasteiger partial charge in [-0.05, 0) is 25.8 Å². The monoisotopic (exact) mass is 255 g/mol. The number of nitrogens with zero attached hydrogens (tertiary/aromatic N) is 2. The third-order valence-electron chi connectivity index (χ3n) is 3.55. The molecule has 1 heterocycles. The topological polar surface area (TPSA) is 52.7 Å². The summed E-state index contributed by atoms with van der Waals surface area (Å²) in [5.74, 6) is 0.00699. The number of likely N-dealkylation sites (N-methyl/N-ethyl adjacent to an activating group) is 2. The van der Waals surface area contributed by atoms with E-state index in [9.17, 15) is 9.59 Å². The van der Waals surface area contributed by atoms with E-state index in [2.05, 4.69) is 12.2 Å². The van der Waals surface area contributed by atoms with Crippen molar-refractivity contribution >= 4 is 11.8 Å². The van der Waals surface area contributed by atoms with E-state index in [1.165, 1.54) is 4.90 Å². The summed E-state index contributed by atoms with van der Waals surface area (Å²) >= 11 is 0. The first-order chi connectivity index (χ1) is 8.43. The van der Waals surface area contributed by atoms with Crippen molar-refractivity contribution in [3.8, 4) is 0 Å². The SMILES string of the molecule is CCCC1(C(=O)N(C)CC(=O)N(C)C)CCCN1. The van der Waals surface area contributed by atoms with Crippen LogP contribution in [0.2, 0.25) is 0 Å². The Hall–Kier alpha value is -1.10. The molecule has 1 aliphatic heterocycles. The Morgan fingerprint density at radius 1 is 1.28 bits per heavy atom. The highest BCUT2D eigenvalue weighted by Gasteiger charge is 2.41. The summed E-state index contributed by atoms with van der Waals surface area (Å²) in [6.07, 6.45) is 3.71. The molecule has 0 aromatic heterocycles. The van der Waals surface area contributed by atoms with Crippen molar-refractivity contribution in [2.45, 2.75) is 38.1 Å². The lowest BCUT2D eigenvalue weighted by Crippen LogP contribution is -2.55. The molecule has 1 unspecified atom stereocenters. The number of hydrogen-bond donors (Lipinski definition) is 1. The van der Waals surface area contributed by atoms with Gasteiger partial charge in [-0.3, -0.25) is 9.59 Å². The minimum absolute atomic E-state index is 0.0458. The zero-order valence-electron chi connectivity index (χ0n) is 12.0. The summed E-state index contributed by atoms with van der Waals surface area (Å²) in [5, 5.41) is 3.34. The van der Waals surface area contributed by atoms with Crippen molar-refractivity contribution in [1.29, 1.82) is 0 Å². The second kappa shape index (κ2) is 6.18. The molecule has 1 saturated heterocycles. The van der Waals surface area contributed by atoms with Crippen molar-refractivity contribution in [1.82, 2.24) is 15.1 Å². The van der Waals surface area contributed by atoms with Gasteiger partial charge < -0.3 is 15.1 Å². The van der Waals surface area contributed by atoms with Gasteiger partial charge in [0.25, 0.3) is 0 Å². The van der Waals surface area contributed by atoms with Gasteiger partial charge in [-0.25, -0.2) is 0 Å². The number of nitrogens with one attached hydrogen (secondary N) is 1. The van der Waals surface area contributed by atoms with Gasteiger partial charge in [0.05, 0.1) is 12.1 Å². The maximum atomic E-state index is 12.5. The van der Waals surface area contributed by atoms with Gasteiger partial charge in [-0.15, -0.1) is 0 Å². The molecule has 1 rings (SSSR count).